The first-order valence-corrected chi connectivity index (χ1v) is 9.04. The number of rotatable bonds is 4. The molecule has 0 aliphatic heterocycles. The molecule has 0 spiro atoms. The Morgan fingerprint density at radius 1 is 1.07 bits per heavy atom. The molecule has 4 aromatic rings. The van der Waals surface area contributed by atoms with E-state index in [1.54, 1.807) is 52.4 Å². The second-order valence-corrected chi connectivity index (χ2v) is 6.83. The molecule has 2 aromatic carbocycles. The summed E-state index contributed by atoms with van der Waals surface area (Å²) in [5, 5.41) is 4.55. The van der Waals surface area contributed by atoms with Crippen LogP contribution in [0, 0.1) is 5.82 Å². The number of nitrogens with one attached hydrogen (secondary N) is 1. The number of Topliss-reactive ketones (excluding diaryl/α,β-unsaturated/α-hetero) is 1. The summed E-state index contributed by atoms with van der Waals surface area (Å²) in [5.74, 6) is -0.616. The number of benzene rings is 2. The number of hydrogen-bond donors (Lipinski definition) is 1. The number of thiazole rings is 1. The smallest absolute Gasteiger partial charge is 0.273 e. The molecule has 134 valence electrons. The first-order valence-electron chi connectivity index (χ1n) is 8.16. The van der Waals surface area contributed by atoms with Gasteiger partial charge in [-0.2, -0.15) is 0 Å². The van der Waals surface area contributed by atoms with Crippen LogP contribution in [0.15, 0.2) is 60.1 Å². The van der Waals surface area contributed by atoms with Crippen molar-refractivity contribution in [1.82, 2.24) is 9.38 Å². The van der Waals surface area contributed by atoms with Crippen molar-refractivity contribution in [3.05, 3.63) is 77.2 Å². The van der Waals surface area contributed by atoms with Crippen LogP contribution in [0.5, 0.6) is 0 Å². The molecular formula is C20H14FN3O2S. The van der Waals surface area contributed by atoms with Crippen LogP contribution in [-0.2, 0) is 0 Å². The van der Waals surface area contributed by atoms with Crippen LogP contribution >= 0.6 is 11.3 Å². The summed E-state index contributed by atoms with van der Waals surface area (Å²) in [6.45, 7) is 1.49. The summed E-state index contributed by atoms with van der Waals surface area (Å²) in [6.07, 6.45) is 1.76. The Kier molecular flexibility index (Phi) is 4.29. The van der Waals surface area contributed by atoms with Gasteiger partial charge in [0.15, 0.2) is 10.7 Å². The van der Waals surface area contributed by atoms with Crippen LogP contribution in [0.4, 0.5) is 10.1 Å². The summed E-state index contributed by atoms with van der Waals surface area (Å²) >= 11 is 1.35. The minimum Gasteiger partial charge on any atom is -0.321 e. The number of carbonyl (C=O) groups excluding carboxylic acids is 2. The minimum absolute atomic E-state index is 0.0286. The van der Waals surface area contributed by atoms with Gasteiger partial charge >= 0.3 is 0 Å². The van der Waals surface area contributed by atoms with Crippen molar-refractivity contribution < 1.29 is 14.0 Å². The average molecular weight is 379 g/mol. The van der Waals surface area contributed by atoms with Crippen LogP contribution in [0.1, 0.15) is 27.8 Å². The molecule has 0 saturated carbocycles. The number of aromatic nitrogens is 2. The number of fused-ring (bicyclic) bond motifs is 1. The third-order valence-corrected chi connectivity index (χ3v) is 4.97. The van der Waals surface area contributed by atoms with Gasteiger partial charge in [0.25, 0.3) is 5.91 Å². The molecule has 2 aromatic heterocycles. The maximum atomic E-state index is 13.1. The summed E-state index contributed by atoms with van der Waals surface area (Å²) < 4.78 is 14.8. The molecule has 0 fully saturated rings. The Balaban J connectivity index is 1.60. The zero-order valence-corrected chi connectivity index (χ0v) is 15.1. The second-order valence-electron chi connectivity index (χ2n) is 5.99. The predicted molar refractivity (Wildman–Crippen MR) is 103 cm³/mol. The summed E-state index contributed by atoms with van der Waals surface area (Å²) in [6, 6.07) is 12.8. The summed E-state index contributed by atoms with van der Waals surface area (Å²) in [7, 11) is 0. The van der Waals surface area contributed by atoms with Gasteiger partial charge in [0.1, 0.15) is 11.5 Å². The number of ketones is 1. The molecule has 27 heavy (non-hydrogen) atoms. The molecule has 0 saturated heterocycles. The summed E-state index contributed by atoms with van der Waals surface area (Å²) in [4.78, 5) is 29.1. The SMILES string of the molecule is CC(=O)c1ccc(NC(=O)c2csc3nc(-c4ccc(F)cc4)cn23)cc1. The Morgan fingerprint density at radius 3 is 2.44 bits per heavy atom. The molecule has 5 nitrogen and oxygen atoms in total. The quantitative estimate of drug-likeness (QED) is 0.525. The van der Waals surface area contributed by atoms with E-state index in [1.807, 2.05) is 0 Å². The fourth-order valence-electron chi connectivity index (χ4n) is 2.69. The van der Waals surface area contributed by atoms with E-state index in [4.69, 9.17) is 0 Å². The maximum Gasteiger partial charge on any atom is 0.273 e. The zero-order valence-electron chi connectivity index (χ0n) is 14.3. The van der Waals surface area contributed by atoms with Gasteiger partial charge < -0.3 is 5.32 Å². The van der Waals surface area contributed by atoms with E-state index in [-0.39, 0.29) is 17.5 Å². The van der Waals surface area contributed by atoms with Crippen LogP contribution < -0.4 is 5.32 Å². The Hall–Kier alpha value is -3.32. The Labute approximate surface area is 158 Å². The second kappa shape index (κ2) is 6.77. The predicted octanol–water partition coefficient (Wildman–Crippen LogP) is 4.66. The third kappa shape index (κ3) is 3.37. The fraction of sp³-hybridized carbons (Fsp3) is 0.0500. The highest BCUT2D eigenvalue weighted by molar-refractivity contribution is 7.15. The molecule has 0 unspecified atom stereocenters. The van der Waals surface area contributed by atoms with E-state index in [0.717, 1.165) is 5.56 Å². The summed E-state index contributed by atoms with van der Waals surface area (Å²) in [5.41, 5.74) is 3.08. The molecule has 0 aliphatic carbocycles. The highest BCUT2D eigenvalue weighted by Crippen LogP contribution is 2.24. The zero-order chi connectivity index (χ0) is 19.0. The molecule has 0 radical (unpaired) electrons. The lowest BCUT2D eigenvalue weighted by molar-refractivity contribution is 0.101. The maximum absolute atomic E-state index is 13.1. The number of halogens is 1. The number of anilines is 1. The van der Waals surface area contributed by atoms with Gasteiger partial charge in [0, 0.05) is 28.4 Å². The van der Waals surface area contributed by atoms with Gasteiger partial charge in [-0.05, 0) is 55.5 Å². The lowest BCUT2D eigenvalue weighted by atomic mass is 10.1. The standard InChI is InChI=1S/C20H14FN3O2S/c1-12(25)13-4-8-16(9-5-13)22-19(26)18-11-27-20-23-17(10-24(18)20)14-2-6-15(21)7-3-14/h2-11H,1H3,(H,22,26). The highest BCUT2D eigenvalue weighted by Gasteiger charge is 2.15. The van der Waals surface area contributed by atoms with Crippen molar-refractivity contribution in [2.75, 3.05) is 5.32 Å². The largest absolute Gasteiger partial charge is 0.321 e. The topological polar surface area (TPSA) is 63.5 Å². The van der Waals surface area contributed by atoms with Crippen LogP contribution in [0.2, 0.25) is 0 Å². The van der Waals surface area contributed by atoms with Crippen LogP contribution in [0.25, 0.3) is 16.2 Å². The lowest BCUT2D eigenvalue weighted by Crippen LogP contribution is -2.13. The number of amides is 1. The normalized spacial score (nSPS) is 10.9. The lowest BCUT2D eigenvalue weighted by Gasteiger charge is -2.05. The Morgan fingerprint density at radius 2 is 1.78 bits per heavy atom. The van der Waals surface area contributed by atoms with Crippen LogP contribution in [0.3, 0.4) is 0 Å². The van der Waals surface area contributed by atoms with E-state index in [0.29, 0.717) is 27.6 Å². The van der Waals surface area contributed by atoms with Crippen LogP contribution in [-0.4, -0.2) is 21.1 Å². The van der Waals surface area contributed by atoms with Gasteiger partial charge in [0.05, 0.1) is 5.69 Å². The molecule has 0 atom stereocenters. The number of imidazole rings is 1. The molecule has 4 rings (SSSR count). The highest BCUT2D eigenvalue weighted by atomic mass is 32.1. The molecular weight excluding hydrogens is 365 g/mol. The monoisotopic (exact) mass is 379 g/mol. The molecule has 1 amide bonds. The van der Waals surface area contributed by atoms with Crippen molar-refractivity contribution in [3.63, 3.8) is 0 Å². The minimum atomic E-state index is -0.310. The third-order valence-electron chi connectivity index (χ3n) is 4.13. The molecule has 0 aliphatic rings. The van der Waals surface area contributed by atoms with Gasteiger partial charge in [0.2, 0.25) is 0 Å². The van der Waals surface area contributed by atoms with E-state index in [9.17, 15) is 14.0 Å². The molecule has 2 heterocycles. The fourth-order valence-corrected chi connectivity index (χ4v) is 3.54. The average Bonchev–Trinajstić information content (AvgIpc) is 3.23. The van der Waals surface area contributed by atoms with Gasteiger partial charge in [-0.3, -0.25) is 14.0 Å². The first kappa shape index (κ1) is 17.1. The van der Waals surface area contributed by atoms with Gasteiger partial charge in [-0.25, -0.2) is 9.37 Å². The van der Waals surface area contributed by atoms with E-state index in [1.165, 1.54) is 30.4 Å². The van der Waals surface area contributed by atoms with Gasteiger partial charge in [-0.15, -0.1) is 11.3 Å². The molecule has 1 N–H and O–H groups in total. The van der Waals surface area contributed by atoms with Crippen molar-refractivity contribution >= 4 is 33.7 Å². The Bertz CT molecular complexity index is 1140. The number of carbonyl (C=O) groups is 2. The van der Waals surface area contributed by atoms with E-state index >= 15 is 0 Å². The number of hydrogen-bond acceptors (Lipinski definition) is 4. The number of nitrogens with zero attached hydrogens (tertiary/aromatic N) is 2. The van der Waals surface area contributed by atoms with Crippen molar-refractivity contribution in [2.24, 2.45) is 0 Å². The van der Waals surface area contributed by atoms with Crippen molar-refractivity contribution in [1.29, 1.82) is 0 Å². The van der Waals surface area contributed by atoms with E-state index < -0.39 is 0 Å². The van der Waals surface area contributed by atoms with Crippen molar-refractivity contribution in [3.8, 4) is 11.3 Å². The molecule has 7 heteroatoms. The molecule has 0 bridgehead atoms. The van der Waals surface area contributed by atoms with E-state index in [2.05, 4.69) is 10.3 Å². The first-order chi connectivity index (χ1) is 13.0. The van der Waals surface area contributed by atoms with Gasteiger partial charge in [-0.1, -0.05) is 0 Å². The van der Waals surface area contributed by atoms with Crippen molar-refractivity contribution in [2.45, 2.75) is 6.92 Å².